The SMILES string of the molecule is O=C(O)c1ccc2c(n1)N(C(=O)Nc1ncc(F)cc1F)[C@H]1CCN2C1. The van der Waals surface area contributed by atoms with E-state index < -0.39 is 29.5 Å². The number of nitrogens with zero attached hydrogens (tertiary/aromatic N) is 4. The molecule has 0 radical (unpaired) electrons. The summed E-state index contributed by atoms with van der Waals surface area (Å²) in [6.07, 6.45) is 1.45. The molecule has 2 aromatic heterocycles. The largest absolute Gasteiger partial charge is 0.477 e. The van der Waals surface area contributed by atoms with E-state index in [2.05, 4.69) is 15.3 Å². The molecule has 0 spiro atoms. The summed E-state index contributed by atoms with van der Waals surface area (Å²) in [6.45, 7) is 1.26. The third kappa shape index (κ3) is 2.59. The summed E-state index contributed by atoms with van der Waals surface area (Å²) in [6, 6.07) is 2.65. The number of hydrogen-bond acceptors (Lipinski definition) is 5. The minimum atomic E-state index is -1.22. The third-order valence-electron chi connectivity index (χ3n) is 4.42. The van der Waals surface area contributed by atoms with E-state index >= 15 is 0 Å². The summed E-state index contributed by atoms with van der Waals surface area (Å²) in [4.78, 5) is 34.9. The molecule has 0 aliphatic carbocycles. The predicted octanol–water partition coefficient (Wildman–Crippen LogP) is 2.08. The van der Waals surface area contributed by atoms with Crippen LogP contribution in [0.3, 0.4) is 0 Å². The zero-order chi connectivity index (χ0) is 18.4. The van der Waals surface area contributed by atoms with Gasteiger partial charge < -0.3 is 10.0 Å². The Balaban J connectivity index is 1.71. The van der Waals surface area contributed by atoms with Gasteiger partial charge in [-0.1, -0.05) is 0 Å². The van der Waals surface area contributed by atoms with Gasteiger partial charge in [0.1, 0.15) is 5.82 Å². The highest BCUT2D eigenvalue weighted by Gasteiger charge is 2.40. The maximum Gasteiger partial charge on any atom is 0.354 e. The molecular formula is C16H13F2N5O3. The Bertz CT molecular complexity index is 923. The van der Waals surface area contributed by atoms with E-state index in [1.807, 2.05) is 4.90 Å². The first kappa shape index (κ1) is 16.2. The van der Waals surface area contributed by atoms with Gasteiger partial charge in [0, 0.05) is 19.2 Å². The van der Waals surface area contributed by atoms with Crippen molar-refractivity contribution in [1.29, 1.82) is 0 Å². The topological polar surface area (TPSA) is 98.7 Å². The van der Waals surface area contributed by atoms with Crippen LogP contribution >= 0.6 is 0 Å². The van der Waals surface area contributed by atoms with Crippen molar-refractivity contribution >= 4 is 29.3 Å². The number of urea groups is 1. The van der Waals surface area contributed by atoms with Crippen LogP contribution in [-0.2, 0) is 0 Å². The Hall–Kier alpha value is -3.30. The van der Waals surface area contributed by atoms with Crippen LogP contribution < -0.4 is 15.1 Å². The molecule has 0 saturated carbocycles. The Morgan fingerprint density at radius 2 is 2.12 bits per heavy atom. The van der Waals surface area contributed by atoms with E-state index in [1.54, 1.807) is 6.07 Å². The number of carboxylic acid groups (broad SMARTS) is 1. The molecule has 4 heterocycles. The third-order valence-corrected chi connectivity index (χ3v) is 4.42. The second-order valence-electron chi connectivity index (χ2n) is 6.02. The molecule has 2 amide bonds. The summed E-state index contributed by atoms with van der Waals surface area (Å²) < 4.78 is 26.8. The Kier molecular flexibility index (Phi) is 3.67. The number of carboxylic acids is 1. The van der Waals surface area contributed by atoms with Gasteiger partial charge in [0.05, 0.1) is 17.9 Å². The van der Waals surface area contributed by atoms with Crippen LogP contribution in [0, 0.1) is 11.6 Å². The molecule has 8 nitrogen and oxygen atoms in total. The fraction of sp³-hybridized carbons (Fsp3) is 0.250. The van der Waals surface area contributed by atoms with Gasteiger partial charge in [0.25, 0.3) is 0 Å². The van der Waals surface area contributed by atoms with Gasteiger partial charge in [0.15, 0.2) is 23.1 Å². The van der Waals surface area contributed by atoms with Crippen LogP contribution in [-0.4, -0.2) is 46.2 Å². The Labute approximate surface area is 146 Å². The normalized spacial score (nSPS) is 17.8. The number of nitrogens with one attached hydrogen (secondary N) is 1. The zero-order valence-corrected chi connectivity index (χ0v) is 13.3. The first-order valence-corrected chi connectivity index (χ1v) is 7.84. The number of anilines is 3. The molecule has 2 aliphatic heterocycles. The molecule has 0 unspecified atom stereocenters. The fourth-order valence-corrected chi connectivity index (χ4v) is 3.26. The van der Waals surface area contributed by atoms with Crippen LogP contribution in [0.25, 0.3) is 0 Å². The molecule has 10 heteroatoms. The molecule has 2 aliphatic rings. The lowest BCUT2D eigenvalue weighted by atomic mass is 10.2. The maximum absolute atomic E-state index is 13.8. The van der Waals surface area contributed by atoms with E-state index in [1.165, 1.54) is 11.0 Å². The Morgan fingerprint density at radius 3 is 2.85 bits per heavy atom. The lowest BCUT2D eigenvalue weighted by Crippen LogP contribution is -2.48. The van der Waals surface area contributed by atoms with Crippen molar-refractivity contribution in [3.8, 4) is 0 Å². The van der Waals surface area contributed by atoms with Crippen LogP contribution in [0.15, 0.2) is 24.4 Å². The second-order valence-corrected chi connectivity index (χ2v) is 6.02. The fourth-order valence-electron chi connectivity index (χ4n) is 3.26. The lowest BCUT2D eigenvalue weighted by molar-refractivity contribution is 0.0690. The molecule has 2 N–H and O–H groups in total. The zero-order valence-electron chi connectivity index (χ0n) is 13.3. The van der Waals surface area contributed by atoms with E-state index in [0.29, 0.717) is 31.3 Å². The summed E-state index contributed by atoms with van der Waals surface area (Å²) in [7, 11) is 0. The van der Waals surface area contributed by atoms with Crippen molar-refractivity contribution in [3.63, 3.8) is 0 Å². The average molecular weight is 361 g/mol. The molecule has 1 atom stereocenters. The molecule has 1 saturated heterocycles. The van der Waals surface area contributed by atoms with Gasteiger partial charge in [-0.25, -0.2) is 28.3 Å². The number of aromatic nitrogens is 2. The monoisotopic (exact) mass is 361 g/mol. The smallest absolute Gasteiger partial charge is 0.354 e. The number of carbonyl (C=O) groups is 2. The van der Waals surface area contributed by atoms with Crippen LogP contribution in [0.5, 0.6) is 0 Å². The predicted molar refractivity (Wildman–Crippen MR) is 87.5 cm³/mol. The molecule has 1 fully saturated rings. The van der Waals surface area contributed by atoms with Crippen LogP contribution in [0.1, 0.15) is 16.9 Å². The molecule has 134 valence electrons. The number of amides is 2. The maximum atomic E-state index is 13.8. The highest BCUT2D eigenvalue weighted by molar-refractivity contribution is 6.04. The van der Waals surface area contributed by atoms with Crippen LogP contribution in [0.4, 0.5) is 30.9 Å². The first-order chi connectivity index (χ1) is 12.4. The van der Waals surface area contributed by atoms with E-state index in [0.717, 1.165) is 6.20 Å². The van der Waals surface area contributed by atoms with Crippen molar-refractivity contribution < 1.29 is 23.5 Å². The van der Waals surface area contributed by atoms with Gasteiger partial charge in [0.2, 0.25) is 0 Å². The molecule has 2 bridgehead atoms. The average Bonchev–Trinajstić information content (AvgIpc) is 3.01. The number of pyridine rings is 2. The first-order valence-electron chi connectivity index (χ1n) is 7.84. The van der Waals surface area contributed by atoms with Gasteiger partial charge >= 0.3 is 12.0 Å². The van der Waals surface area contributed by atoms with Gasteiger partial charge in [-0.3, -0.25) is 10.2 Å². The van der Waals surface area contributed by atoms with Crippen LogP contribution in [0.2, 0.25) is 0 Å². The summed E-state index contributed by atoms with van der Waals surface area (Å²) in [5, 5.41) is 11.5. The standard InChI is InChI=1S/C16H13F2N5O3/c17-8-5-10(18)13(19-6-8)21-16(26)23-9-3-4-22(7-9)12-2-1-11(15(24)25)20-14(12)23/h1-2,5-6,9H,3-4,7H2,(H,24,25)(H,19,21,26)/t9-/m0/s1. The molecule has 4 rings (SSSR count). The minimum Gasteiger partial charge on any atom is -0.477 e. The van der Waals surface area contributed by atoms with E-state index in [9.17, 15) is 18.4 Å². The summed E-state index contributed by atoms with van der Waals surface area (Å²) in [5.41, 5.74) is 0.432. The second kappa shape index (κ2) is 5.90. The van der Waals surface area contributed by atoms with E-state index in [4.69, 9.17) is 5.11 Å². The number of rotatable bonds is 2. The minimum absolute atomic E-state index is 0.193. The van der Waals surface area contributed by atoms with E-state index in [-0.39, 0.29) is 17.6 Å². The molecule has 26 heavy (non-hydrogen) atoms. The Morgan fingerprint density at radius 1 is 1.31 bits per heavy atom. The highest BCUT2D eigenvalue weighted by Crippen LogP contribution is 2.39. The van der Waals surface area contributed by atoms with Gasteiger partial charge in [-0.15, -0.1) is 0 Å². The summed E-state index contributed by atoms with van der Waals surface area (Å²) in [5.74, 6) is -3.29. The van der Waals surface area contributed by atoms with Crippen molar-refractivity contribution in [2.45, 2.75) is 12.5 Å². The number of hydrogen-bond donors (Lipinski definition) is 2. The number of fused-ring (bicyclic) bond motifs is 4. The van der Waals surface area contributed by atoms with Gasteiger partial charge in [-0.2, -0.15) is 0 Å². The lowest BCUT2D eigenvalue weighted by Gasteiger charge is -2.35. The number of halogens is 2. The van der Waals surface area contributed by atoms with Gasteiger partial charge in [-0.05, 0) is 18.6 Å². The van der Waals surface area contributed by atoms with Crippen molar-refractivity contribution in [1.82, 2.24) is 9.97 Å². The van der Waals surface area contributed by atoms with Crippen molar-refractivity contribution in [2.75, 3.05) is 28.2 Å². The number of aromatic carboxylic acids is 1. The van der Waals surface area contributed by atoms with Crippen molar-refractivity contribution in [3.05, 3.63) is 41.7 Å². The quantitative estimate of drug-likeness (QED) is 0.850. The highest BCUT2D eigenvalue weighted by atomic mass is 19.1. The molecule has 0 aromatic carbocycles. The van der Waals surface area contributed by atoms with Crippen molar-refractivity contribution in [2.24, 2.45) is 0 Å². The molecule has 2 aromatic rings. The number of carbonyl (C=O) groups excluding carboxylic acids is 1. The molecular weight excluding hydrogens is 348 g/mol. The summed E-state index contributed by atoms with van der Waals surface area (Å²) >= 11 is 0.